The maximum atomic E-state index is 9.59. The Balaban J connectivity index is 2.22. The number of para-hydroxylation sites is 1. The summed E-state index contributed by atoms with van der Waals surface area (Å²) in [6.07, 6.45) is 0. The first-order valence-corrected chi connectivity index (χ1v) is 6.31. The number of nitrogens with one attached hydrogen (secondary N) is 1. The van der Waals surface area contributed by atoms with Gasteiger partial charge in [0, 0.05) is 5.69 Å². The van der Waals surface area contributed by atoms with Gasteiger partial charge in [0.1, 0.15) is 5.75 Å². The molecule has 0 aliphatic rings. The van der Waals surface area contributed by atoms with Crippen LogP contribution in [0.4, 0.5) is 5.69 Å². The number of methoxy groups -OCH3 is 1. The van der Waals surface area contributed by atoms with Crippen molar-refractivity contribution < 1.29 is 9.84 Å². The average molecular weight is 257 g/mol. The van der Waals surface area contributed by atoms with Crippen molar-refractivity contribution in [3.63, 3.8) is 0 Å². The van der Waals surface area contributed by atoms with Crippen LogP contribution in [0.2, 0.25) is 0 Å². The molecule has 0 radical (unpaired) electrons. The molecule has 0 spiro atoms. The maximum Gasteiger partial charge on any atom is 0.119 e. The average Bonchev–Trinajstić information content (AvgIpc) is 2.46. The molecule has 2 rings (SSSR count). The minimum absolute atomic E-state index is 0.0293. The predicted molar refractivity (Wildman–Crippen MR) is 77.6 cm³/mol. The van der Waals surface area contributed by atoms with Crippen molar-refractivity contribution in [2.24, 2.45) is 0 Å². The first-order chi connectivity index (χ1) is 9.24. The van der Waals surface area contributed by atoms with Crippen LogP contribution in [0.15, 0.2) is 48.5 Å². The molecule has 0 saturated heterocycles. The normalized spacial score (nSPS) is 11.9. The van der Waals surface area contributed by atoms with Crippen molar-refractivity contribution in [1.29, 1.82) is 0 Å². The molecule has 0 aliphatic heterocycles. The van der Waals surface area contributed by atoms with Crippen molar-refractivity contribution in [2.45, 2.75) is 13.0 Å². The summed E-state index contributed by atoms with van der Waals surface area (Å²) in [6.45, 7) is 2.07. The number of hydrogen-bond donors (Lipinski definition) is 2. The smallest absolute Gasteiger partial charge is 0.119 e. The zero-order chi connectivity index (χ0) is 13.7. The van der Waals surface area contributed by atoms with Gasteiger partial charge in [-0.2, -0.15) is 0 Å². The number of anilines is 1. The highest BCUT2D eigenvalue weighted by Gasteiger charge is 2.11. The van der Waals surface area contributed by atoms with E-state index >= 15 is 0 Å². The fourth-order valence-corrected chi connectivity index (χ4v) is 2.02. The molecule has 1 unspecified atom stereocenters. The first kappa shape index (κ1) is 13.4. The Labute approximate surface area is 113 Å². The van der Waals surface area contributed by atoms with Crippen LogP contribution in [-0.2, 0) is 0 Å². The van der Waals surface area contributed by atoms with E-state index < -0.39 is 0 Å². The van der Waals surface area contributed by atoms with Gasteiger partial charge in [0.05, 0.1) is 19.8 Å². The summed E-state index contributed by atoms with van der Waals surface area (Å²) in [5.74, 6) is 0.794. The number of benzene rings is 2. The minimum Gasteiger partial charge on any atom is -0.497 e. The molecule has 3 heteroatoms. The molecule has 0 aromatic heterocycles. The van der Waals surface area contributed by atoms with Crippen molar-refractivity contribution >= 4 is 5.69 Å². The molecule has 0 heterocycles. The Morgan fingerprint density at radius 1 is 1.16 bits per heavy atom. The van der Waals surface area contributed by atoms with Crippen LogP contribution in [0.5, 0.6) is 5.75 Å². The molecule has 0 fully saturated rings. The number of aliphatic hydroxyl groups is 1. The van der Waals surface area contributed by atoms with E-state index in [9.17, 15) is 5.11 Å². The monoisotopic (exact) mass is 257 g/mol. The molecular weight excluding hydrogens is 238 g/mol. The maximum absolute atomic E-state index is 9.59. The number of aliphatic hydroxyl groups excluding tert-OH is 1. The molecule has 0 amide bonds. The lowest BCUT2D eigenvalue weighted by atomic mass is 10.1. The third kappa shape index (κ3) is 3.26. The molecule has 2 aromatic rings. The van der Waals surface area contributed by atoms with E-state index in [1.807, 2.05) is 55.5 Å². The molecule has 100 valence electrons. The molecule has 0 bridgehead atoms. The lowest BCUT2D eigenvalue weighted by Gasteiger charge is -2.20. The Bertz CT molecular complexity index is 540. The summed E-state index contributed by atoms with van der Waals surface area (Å²) in [4.78, 5) is 0. The fourth-order valence-electron chi connectivity index (χ4n) is 2.02. The topological polar surface area (TPSA) is 41.5 Å². The highest BCUT2D eigenvalue weighted by molar-refractivity contribution is 5.52. The standard InChI is InChI=1S/C16H19NO2/c1-12-6-3-4-9-15(12)17-16(11-18)13-7-5-8-14(10-13)19-2/h3-10,16-18H,11H2,1-2H3. The van der Waals surface area contributed by atoms with Crippen LogP contribution in [0.3, 0.4) is 0 Å². The Morgan fingerprint density at radius 2 is 1.95 bits per heavy atom. The van der Waals surface area contributed by atoms with Crippen LogP contribution < -0.4 is 10.1 Å². The highest BCUT2D eigenvalue weighted by atomic mass is 16.5. The largest absolute Gasteiger partial charge is 0.497 e. The van der Waals surface area contributed by atoms with E-state index in [-0.39, 0.29) is 12.6 Å². The summed E-state index contributed by atoms with van der Waals surface area (Å²) in [5, 5.41) is 13.0. The number of hydrogen-bond acceptors (Lipinski definition) is 3. The second kappa shape index (κ2) is 6.25. The van der Waals surface area contributed by atoms with Gasteiger partial charge in [0.15, 0.2) is 0 Å². The summed E-state index contributed by atoms with van der Waals surface area (Å²) in [5.41, 5.74) is 3.19. The van der Waals surface area contributed by atoms with Crippen molar-refractivity contribution in [1.82, 2.24) is 0 Å². The van der Waals surface area contributed by atoms with E-state index in [1.54, 1.807) is 7.11 Å². The lowest BCUT2D eigenvalue weighted by Crippen LogP contribution is -2.15. The van der Waals surface area contributed by atoms with Gasteiger partial charge in [-0.05, 0) is 36.2 Å². The summed E-state index contributed by atoms with van der Waals surface area (Å²) in [7, 11) is 1.64. The van der Waals surface area contributed by atoms with E-state index in [0.717, 1.165) is 22.6 Å². The highest BCUT2D eigenvalue weighted by Crippen LogP contribution is 2.24. The van der Waals surface area contributed by atoms with Gasteiger partial charge in [-0.3, -0.25) is 0 Å². The molecule has 2 aromatic carbocycles. The molecule has 0 aliphatic carbocycles. The van der Waals surface area contributed by atoms with Crippen molar-refractivity contribution in [3.8, 4) is 5.75 Å². The molecule has 2 N–H and O–H groups in total. The first-order valence-electron chi connectivity index (χ1n) is 6.31. The van der Waals surface area contributed by atoms with Crippen LogP contribution >= 0.6 is 0 Å². The second-order valence-electron chi connectivity index (χ2n) is 4.47. The van der Waals surface area contributed by atoms with E-state index in [0.29, 0.717) is 0 Å². The third-order valence-corrected chi connectivity index (χ3v) is 3.15. The van der Waals surface area contributed by atoms with Gasteiger partial charge < -0.3 is 15.2 Å². The van der Waals surface area contributed by atoms with Crippen molar-refractivity contribution in [2.75, 3.05) is 19.0 Å². The van der Waals surface area contributed by atoms with Crippen LogP contribution in [0, 0.1) is 6.92 Å². The Morgan fingerprint density at radius 3 is 2.63 bits per heavy atom. The molecule has 1 atom stereocenters. The van der Waals surface area contributed by atoms with E-state index in [1.165, 1.54) is 0 Å². The van der Waals surface area contributed by atoms with Gasteiger partial charge >= 0.3 is 0 Å². The Kier molecular flexibility index (Phi) is 4.42. The van der Waals surface area contributed by atoms with E-state index in [2.05, 4.69) is 5.32 Å². The van der Waals surface area contributed by atoms with Crippen LogP contribution in [-0.4, -0.2) is 18.8 Å². The second-order valence-corrected chi connectivity index (χ2v) is 4.47. The van der Waals surface area contributed by atoms with Gasteiger partial charge in [-0.15, -0.1) is 0 Å². The van der Waals surface area contributed by atoms with Gasteiger partial charge in [-0.1, -0.05) is 30.3 Å². The van der Waals surface area contributed by atoms with Crippen LogP contribution in [0.1, 0.15) is 17.2 Å². The SMILES string of the molecule is COc1cccc(C(CO)Nc2ccccc2C)c1. The third-order valence-electron chi connectivity index (χ3n) is 3.15. The number of ether oxygens (including phenoxy) is 1. The van der Waals surface area contributed by atoms with Gasteiger partial charge in [0.2, 0.25) is 0 Å². The zero-order valence-corrected chi connectivity index (χ0v) is 11.3. The molecular formula is C16H19NO2. The predicted octanol–water partition coefficient (Wildman–Crippen LogP) is 3.15. The summed E-state index contributed by atoms with van der Waals surface area (Å²) >= 11 is 0. The fraction of sp³-hybridized carbons (Fsp3) is 0.250. The quantitative estimate of drug-likeness (QED) is 0.864. The molecule has 3 nitrogen and oxygen atoms in total. The lowest BCUT2D eigenvalue weighted by molar-refractivity contribution is 0.276. The minimum atomic E-state index is -0.142. The van der Waals surface area contributed by atoms with Gasteiger partial charge in [0.25, 0.3) is 0 Å². The number of aryl methyl sites for hydroxylation is 1. The van der Waals surface area contributed by atoms with Crippen molar-refractivity contribution in [3.05, 3.63) is 59.7 Å². The molecule has 19 heavy (non-hydrogen) atoms. The van der Waals surface area contributed by atoms with Crippen LogP contribution in [0.25, 0.3) is 0 Å². The summed E-state index contributed by atoms with van der Waals surface area (Å²) < 4.78 is 5.21. The summed E-state index contributed by atoms with van der Waals surface area (Å²) in [6, 6.07) is 15.6. The van der Waals surface area contributed by atoms with E-state index in [4.69, 9.17) is 4.74 Å². The van der Waals surface area contributed by atoms with Gasteiger partial charge in [-0.25, -0.2) is 0 Å². The Hall–Kier alpha value is -2.00. The number of rotatable bonds is 5. The molecule has 0 saturated carbocycles. The zero-order valence-electron chi connectivity index (χ0n) is 11.3.